The number of para-hydroxylation sites is 1. The van der Waals surface area contributed by atoms with Gasteiger partial charge in [0, 0.05) is 30.3 Å². The molecule has 2 heterocycles. The average molecular weight is 332 g/mol. The third-order valence-electron chi connectivity index (χ3n) is 4.50. The van der Waals surface area contributed by atoms with Gasteiger partial charge < -0.3 is 9.67 Å². The second-order valence-corrected chi connectivity index (χ2v) is 6.27. The third kappa shape index (κ3) is 3.31. The molecule has 5 heteroatoms. The van der Waals surface area contributed by atoms with Gasteiger partial charge in [-0.25, -0.2) is 0 Å². The molecule has 0 atom stereocenters. The molecular formula is C20H20N4O. The first-order valence-electron chi connectivity index (χ1n) is 8.66. The molecule has 3 aromatic rings. The standard InChI is InChI=1S/C20H20N4O/c25-18-10-4-3-7-16(18)14-21-17-9-6-8-15(13-17)20-23-22-19-11-2-1-5-12-24(19)20/h3-4,6-10,13-14,25H,1-2,5,11-12H2. The Labute approximate surface area is 146 Å². The van der Waals surface area contributed by atoms with Crippen LogP contribution in [0.25, 0.3) is 11.4 Å². The van der Waals surface area contributed by atoms with Crippen LogP contribution in [0.4, 0.5) is 5.69 Å². The Bertz CT molecular complexity index is 914. The van der Waals surface area contributed by atoms with Gasteiger partial charge in [0.2, 0.25) is 0 Å². The van der Waals surface area contributed by atoms with Crippen LogP contribution in [0.3, 0.4) is 0 Å². The van der Waals surface area contributed by atoms with Crippen LogP contribution in [-0.2, 0) is 13.0 Å². The molecule has 2 aromatic carbocycles. The molecule has 0 fully saturated rings. The number of aliphatic imine (C=N–C) groups is 1. The minimum atomic E-state index is 0.227. The molecule has 5 nitrogen and oxygen atoms in total. The molecule has 0 unspecified atom stereocenters. The number of benzene rings is 2. The van der Waals surface area contributed by atoms with E-state index in [0.717, 1.165) is 35.9 Å². The summed E-state index contributed by atoms with van der Waals surface area (Å²) in [5, 5.41) is 18.6. The number of fused-ring (bicyclic) bond motifs is 1. The van der Waals surface area contributed by atoms with Crippen molar-refractivity contribution in [2.75, 3.05) is 0 Å². The molecule has 0 saturated heterocycles. The SMILES string of the molecule is Oc1ccccc1C=Nc1cccc(-c2nnc3n2CCCCC3)c1. The van der Waals surface area contributed by atoms with Crippen LogP contribution in [0.2, 0.25) is 0 Å². The fraction of sp³-hybridized carbons (Fsp3) is 0.250. The van der Waals surface area contributed by atoms with Crippen LogP contribution < -0.4 is 0 Å². The van der Waals surface area contributed by atoms with Crippen molar-refractivity contribution in [2.45, 2.75) is 32.2 Å². The molecule has 4 rings (SSSR count). The van der Waals surface area contributed by atoms with E-state index in [1.807, 2.05) is 36.4 Å². The van der Waals surface area contributed by atoms with Gasteiger partial charge in [-0.2, -0.15) is 0 Å². The lowest BCUT2D eigenvalue weighted by Crippen LogP contribution is -2.02. The number of phenolic OH excluding ortho intramolecular Hbond substituents is 1. The van der Waals surface area contributed by atoms with E-state index in [-0.39, 0.29) is 5.75 Å². The summed E-state index contributed by atoms with van der Waals surface area (Å²) < 4.78 is 2.23. The Morgan fingerprint density at radius 1 is 1.00 bits per heavy atom. The van der Waals surface area contributed by atoms with Gasteiger partial charge in [0.25, 0.3) is 0 Å². The van der Waals surface area contributed by atoms with Gasteiger partial charge in [0.15, 0.2) is 5.82 Å². The minimum Gasteiger partial charge on any atom is -0.507 e. The maximum atomic E-state index is 9.84. The van der Waals surface area contributed by atoms with E-state index in [4.69, 9.17) is 0 Å². The summed E-state index contributed by atoms with van der Waals surface area (Å²) in [4.78, 5) is 4.50. The summed E-state index contributed by atoms with van der Waals surface area (Å²) in [6, 6.07) is 15.1. The molecule has 1 aliphatic heterocycles. The summed E-state index contributed by atoms with van der Waals surface area (Å²) in [5.74, 6) is 2.22. The van der Waals surface area contributed by atoms with E-state index in [1.165, 1.54) is 19.3 Å². The molecule has 0 saturated carbocycles. The quantitative estimate of drug-likeness (QED) is 0.734. The number of aromatic hydroxyl groups is 1. The molecule has 25 heavy (non-hydrogen) atoms. The van der Waals surface area contributed by atoms with E-state index in [9.17, 15) is 5.11 Å². The molecule has 0 bridgehead atoms. The smallest absolute Gasteiger partial charge is 0.164 e. The fourth-order valence-corrected chi connectivity index (χ4v) is 3.16. The molecule has 1 N–H and O–H groups in total. The summed E-state index contributed by atoms with van der Waals surface area (Å²) in [6.07, 6.45) is 6.27. The third-order valence-corrected chi connectivity index (χ3v) is 4.50. The number of aromatic nitrogens is 3. The molecule has 1 aromatic heterocycles. The average Bonchev–Trinajstić information content (AvgIpc) is 2.90. The van der Waals surface area contributed by atoms with Crippen LogP contribution in [0.5, 0.6) is 5.75 Å². The highest BCUT2D eigenvalue weighted by molar-refractivity contribution is 5.85. The summed E-state index contributed by atoms with van der Waals surface area (Å²) >= 11 is 0. The van der Waals surface area contributed by atoms with E-state index >= 15 is 0 Å². The molecule has 0 aliphatic carbocycles. The Morgan fingerprint density at radius 2 is 1.92 bits per heavy atom. The van der Waals surface area contributed by atoms with E-state index in [2.05, 4.69) is 19.8 Å². The number of nitrogens with zero attached hydrogens (tertiary/aromatic N) is 4. The summed E-state index contributed by atoms with van der Waals surface area (Å²) in [6.45, 7) is 0.975. The van der Waals surface area contributed by atoms with Gasteiger partial charge >= 0.3 is 0 Å². The van der Waals surface area contributed by atoms with Crippen molar-refractivity contribution >= 4 is 11.9 Å². The van der Waals surface area contributed by atoms with Crippen LogP contribution >= 0.6 is 0 Å². The maximum absolute atomic E-state index is 9.84. The Kier molecular flexibility index (Phi) is 4.29. The van der Waals surface area contributed by atoms with Crippen LogP contribution in [0.15, 0.2) is 53.5 Å². The normalized spacial score (nSPS) is 14.4. The van der Waals surface area contributed by atoms with Crippen molar-refractivity contribution in [1.82, 2.24) is 14.8 Å². The number of aryl methyl sites for hydroxylation is 1. The Hall–Kier alpha value is -2.95. The van der Waals surface area contributed by atoms with Crippen LogP contribution in [0, 0.1) is 0 Å². The van der Waals surface area contributed by atoms with Gasteiger partial charge in [-0.1, -0.05) is 30.7 Å². The highest BCUT2D eigenvalue weighted by atomic mass is 16.3. The Balaban J connectivity index is 1.64. The van der Waals surface area contributed by atoms with Crippen LogP contribution in [-0.4, -0.2) is 26.1 Å². The largest absolute Gasteiger partial charge is 0.507 e. The van der Waals surface area contributed by atoms with Gasteiger partial charge in [0.05, 0.1) is 5.69 Å². The van der Waals surface area contributed by atoms with Crippen molar-refractivity contribution in [2.24, 2.45) is 4.99 Å². The van der Waals surface area contributed by atoms with Crippen LogP contribution in [0.1, 0.15) is 30.7 Å². The first-order valence-corrected chi connectivity index (χ1v) is 8.66. The predicted octanol–water partition coefficient (Wildman–Crippen LogP) is 4.13. The number of phenols is 1. The molecule has 0 amide bonds. The molecule has 1 aliphatic rings. The molecule has 0 radical (unpaired) electrons. The molecule has 126 valence electrons. The number of hydrogen-bond acceptors (Lipinski definition) is 4. The van der Waals surface area contributed by atoms with E-state index in [0.29, 0.717) is 5.56 Å². The fourth-order valence-electron chi connectivity index (χ4n) is 3.16. The lowest BCUT2D eigenvalue weighted by molar-refractivity contribution is 0.474. The lowest BCUT2D eigenvalue weighted by Gasteiger charge is -2.07. The Morgan fingerprint density at radius 3 is 2.84 bits per heavy atom. The topological polar surface area (TPSA) is 63.3 Å². The van der Waals surface area contributed by atoms with Crippen molar-refractivity contribution in [3.05, 3.63) is 59.9 Å². The van der Waals surface area contributed by atoms with E-state index in [1.54, 1.807) is 18.3 Å². The van der Waals surface area contributed by atoms with Gasteiger partial charge in [-0.05, 0) is 37.1 Å². The highest BCUT2D eigenvalue weighted by Gasteiger charge is 2.15. The second kappa shape index (κ2) is 6.89. The van der Waals surface area contributed by atoms with Gasteiger partial charge in [-0.15, -0.1) is 10.2 Å². The van der Waals surface area contributed by atoms with Crippen molar-refractivity contribution < 1.29 is 5.11 Å². The van der Waals surface area contributed by atoms with Crippen molar-refractivity contribution in [3.8, 4) is 17.1 Å². The molecular weight excluding hydrogens is 312 g/mol. The first-order chi connectivity index (χ1) is 12.3. The summed E-state index contributed by atoms with van der Waals surface area (Å²) in [5.41, 5.74) is 2.54. The maximum Gasteiger partial charge on any atom is 0.164 e. The second-order valence-electron chi connectivity index (χ2n) is 6.27. The number of rotatable bonds is 3. The number of hydrogen-bond donors (Lipinski definition) is 1. The van der Waals surface area contributed by atoms with Crippen molar-refractivity contribution in [3.63, 3.8) is 0 Å². The van der Waals surface area contributed by atoms with Gasteiger partial charge in [0.1, 0.15) is 11.6 Å². The highest BCUT2D eigenvalue weighted by Crippen LogP contribution is 2.26. The van der Waals surface area contributed by atoms with Gasteiger partial charge in [-0.3, -0.25) is 4.99 Å². The minimum absolute atomic E-state index is 0.227. The van der Waals surface area contributed by atoms with E-state index < -0.39 is 0 Å². The lowest BCUT2D eigenvalue weighted by atomic mass is 10.2. The monoisotopic (exact) mass is 332 g/mol. The summed E-state index contributed by atoms with van der Waals surface area (Å²) in [7, 11) is 0. The zero-order valence-electron chi connectivity index (χ0n) is 14.0. The first kappa shape index (κ1) is 15.6. The zero-order valence-corrected chi connectivity index (χ0v) is 14.0. The van der Waals surface area contributed by atoms with Crippen molar-refractivity contribution in [1.29, 1.82) is 0 Å². The molecule has 0 spiro atoms. The predicted molar refractivity (Wildman–Crippen MR) is 98.4 cm³/mol. The zero-order chi connectivity index (χ0) is 17.1.